The number of esters is 1. The fourth-order valence-corrected chi connectivity index (χ4v) is 2.72. The van der Waals surface area contributed by atoms with Crippen molar-refractivity contribution in [2.24, 2.45) is 5.73 Å². The SMILES string of the molecule is CC(C)(C)OC(=O)n1cc(C[C@@](C)(N)C(=O)OC(C)(C)C)c2ccccc21. The lowest BCUT2D eigenvalue weighted by molar-refractivity contribution is -0.160. The van der Waals surface area contributed by atoms with Gasteiger partial charge in [-0.05, 0) is 60.1 Å². The van der Waals surface area contributed by atoms with Crippen LogP contribution in [-0.4, -0.2) is 33.4 Å². The van der Waals surface area contributed by atoms with Crippen molar-refractivity contribution in [1.29, 1.82) is 0 Å². The molecular weight excluding hydrogens is 344 g/mol. The van der Waals surface area contributed by atoms with Crippen molar-refractivity contribution >= 4 is 23.0 Å². The van der Waals surface area contributed by atoms with E-state index in [9.17, 15) is 9.59 Å². The molecule has 6 nitrogen and oxygen atoms in total. The van der Waals surface area contributed by atoms with Gasteiger partial charge in [0.25, 0.3) is 0 Å². The number of hydrogen-bond acceptors (Lipinski definition) is 5. The van der Waals surface area contributed by atoms with Crippen LogP contribution in [0.25, 0.3) is 10.9 Å². The predicted octanol–water partition coefficient (Wildman–Crippen LogP) is 4.03. The summed E-state index contributed by atoms with van der Waals surface area (Å²) in [6.07, 6.45) is 1.45. The van der Waals surface area contributed by atoms with Crippen LogP contribution in [0.4, 0.5) is 4.79 Å². The molecule has 1 atom stereocenters. The van der Waals surface area contributed by atoms with Crippen LogP contribution < -0.4 is 5.73 Å². The van der Waals surface area contributed by atoms with Gasteiger partial charge in [-0.15, -0.1) is 0 Å². The predicted molar refractivity (Wildman–Crippen MR) is 106 cm³/mol. The van der Waals surface area contributed by atoms with Gasteiger partial charge in [0.2, 0.25) is 0 Å². The molecule has 0 aliphatic rings. The van der Waals surface area contributed by atoms with Crippen molar-refractivity contribution in [3.8, 4) is 0 Å². The second kappa shape index (κ2) is 7.00. The summed E-state index contributed by atoms with van der Waals surface area (Å²) in [5.41, 5.74) is 5.31. The van der Waals surface area contributed by atoms with Crippen LogP contribution >= 0.6 is 0 Å². The Morgan fingerprint density at radius 3 is 2.07 bits per heavy atom. The zero-order chi connectivity index (χ0) is 20.6. The molecule has 2 aromatic rings. The Morgan fingerprint density at radius 2 is 1.52 bits per heavy atom. The van der Waals surface area contributed by atoms with Crippen molar-refractivity contribution in [3.05, 3.63) is 36.0 Å². The van der Waals surface area contributed by atoms with E-state index < -0.39 is 28.8 Å². The van der Waals surface area contributed by atoms with Crippen LogP contribution in [-0.2, 0) is 20.7 Å². The second-order valence-corrected chi connectivity index (χ2v) is 9.12. The summed E-state index contributed by atoms with van der Waals surface area (Å²) in [6, 6.07) is 7.47. The Morgan fingerprint density at radius 1 is 0.963 bits per heavy atom. The molecule has 0 unspecified atom stereocenters. The highest BCUT2D eigenvalue weighted by Gasteiger charge is 2.34. The second-order valence-electron chi connectivity index (χ2n) is 9.12. The molecule has 27 heavy (non-hydrogen) atoms. The zero-order valence-electron chi connectivity index (χ0n) is 17.3. The summed E-state index contributed by atoms with van der Waals surface area (Å²) in [7, 11) is 0. The standard InChI is InChI=1S/C21H30N2O4/c1-19(2,3)26-17(24)21(7,22)12-14-13-23(18(25)27-20(4,5)6)16-11-9-8-10-15(14)16/h8-11,13H,12,22H2,1-7H3/t21-/m1/s1. The zero-order valence-corrected chi connectivity index (χ0v) is 17.3. The van der Waals surface area contributed by atoms with Gasteiger partial charge in [-0.2, -0.15) is 0 Å². The lowest BCUT2D eigenvalue weighted by Gasteiger charge is -2.28. The van der Waals surface area contributed by atoms with Gasteiger partial charge in [-0.25, -0.2) is 4.79 Å². The quantitative estimate of drug-likeness (QED) is 0.820. The topological polar surface area (TPSA) is 83.5 Å². The molecule has 0 amide bonds. The van der Waals surface area contributed by atoms with Crippen molar-refractivity contribution in [2.45, 2.75) is 71.6 Å². The normalized spacial score (nSPS) is 14.7. The van der Waals surface area contributed by atoms with Gasteiger partial charge in [0, 0.05) is 18.0 Å². The van der Waals surface area contributed by atoms with Crippen LogP contribution in [0.5, 0.6) is 0 Å². The van der Waals surface area contributed by atoms with Crippen molar-refractivity contribution < 1.29 is 19.1 Å². The monoisotopic (exact) mass is 374 g/mol. The number of rotatable bonds is 3. The summed E-state index contributed by atoms with van der Waals surface area (Å²) >= 11 is 0. The number of nitrogens with zero attached hydrogens (tertiary/aromatic N) is 1. The van der Waals surface area contributed by atoms with Crippen LogP contribution in [0.3, 0.4) is 0 Å². The van der Waals surface area contributed by atoms with E-state index in [0.717, 1.165) is 10.9 Å². The molecule has 6 heteroatoms. The first-order chi connectivity index (χ1) is 12.2. The number of benzene rings is 1. The maximum Gasteiger partial charge on any atom is 0.419 e. The molecule has 0 saturated carbocycles. The molecule has 0 spiro atoms. The van der Waals surface area contributed by atoms with E-state index >= 15 is 0 Å². The average molecular weight is 374 g/mol. The minimum atomic E-state index is -1.23. The highest BCUT2D eigenvalue weighted by atomic mass is 16.6. The van der Waals surface area contributed by atoms with Crippen LogP contribution in [0.1, 0.15) is 54.0 Å². The number of fused-ring (bicyclic) bond motifs is 1. The maximum absolute atomic E-state index is 12.6. The van der Waals surface area contributed by atoms with Gasteiger partial charge in [0.1, 0.15) is 16.7 Å². The van der Waals surface area contributed by atoms with Crippen molar-refractivity contribution in [2.75, 3.05) is 0 Å². The van der Waals surface area contributed by atoms with Gasteiger partial charge < -0.3 is 15.2 Å². The first-order valence-corrected chi connectivity index (χ1v) is 9.04. The summed E-state index contributed by atoms with van der Waals surface area (Å²) in [6.45, 7) is 12.5. The highest BCUT2D eigenvalue weighted by molar-refractivity contribution is 5.93. The smallest absolute Gasteiger partial charge is 0.419 e. The Labute approximate surface area is 160 Å². The molecule has 1 aromatic heterocycles. The Hall–Kier alpha value is -2.34. The molecule has 0 bridgehead atoms. The van der Waals surface area contributed by atoms with Crippen LogP contribution in [0.15, 0.2) is 30.5 Å². The molecule has 1 heterocycles. The highest BCUT2D eigenvalue weighted by Crippen LogP contribution is 2.26. The van der Waals surface area contributed by atoms with Crippen molar-refractivity contribution in [1.82, 2.24) is 4.57 Å². The minimum absolute atomic E-state index is 0.234. The Balaban J connectivity index is 2.39. The molecule has 0 radical (unpaired) electrons. The molecule has 0 saturated heterocycles. The maximum atomic E-state index is 12.6. The third-order valence-corrected chi connectivity index (χ3v) is 3.81. The third-order valence-electron chi connectivity index (χ3n) is 3.81. The fourth-order valence-electron chi connectivity index (χ4n) is 2.72. The lowest BCUT2D eigenvalue weighted by atomic mass is 9.93. The minimum Gasteiger partial charge on any atom is -0.459 e. The van der Waals surface area contributed by atoms with E-state index in [2.05, 4.69) is 0 Å². The summed E-state index contributed by atoms with van der Waals surface area (Å²) < 4.78 is 12.4. The van der Waals surface area contributed by atoms with Gasteiger partial charge in [-0.1, -0.05) is 18.2 Å². The molecular formula is C21H30N2O4. The number of ether oxygens (including phenoxy) is 2. The summed E-state index contributed by atoms with van der Waals surface area (Å²) in [5, 5.41) is 0.851. The van der Waals surface area contributed by atoms with Crippen LogP contribution in [0.2, 0.25) is 0 Å². The molecule has 148 valence electrons. The average Bonchev–Trinajstić information content (AvgIpc) is 2.82. The first kappa shape index (κ1) is 21.0. The number of nitrogens with two attached hydrogens (primary N) is 1. The largest absolute Gasteiger partial charge is 0.459 e. The van der Waals surface area contributed by atoms with E-state index in [1.165, 1.54) is 4.57 Å². The number of aromatic nitrogens is 1. The molecule has 0 aliphatic heterocycles. The van der Waals surface area contributed by atoms with E-state index in [1.807, 2.05) is 45.0 Å². The van der Waals surface area contributed by atoms with Crippen molar-refractivity contribution in [3.63, 3.8) is 0 Å². The molecule has 0 aliphatic carbocycles. The molecule has 2 N–H and O–H groups in total. The lowest BCUT2D eigenvalue weighted by Crippen LogP contribution is -2.50. The summed E-state index contributed by atoms with van der Waals surface area (Å²) in [4.78, 5) is 25.1. The van der Waals surface area contributed by atoms with Crippen LogP contribution in [0, 0.1) is 0 Å². The first-order valence-electron chi connectivity index (χ1n) is 9.04. The molecule has 1 aromatic carbocycles. The Bertz CT molecular complexity index is 851. The third kappa shape index (κ3) is 5.32. The molecule has 0 fully saturated rings. The van der Waals surface area contributed by atoms with Gasteiger partial charge in [0.05, 0.1) is 5.52 Å². The van der Waals surface area contributed by atoms with E-state index in [1.54, 1.807) is 33.9 Å². The molecule has 2 rings (SSSR count). The van der Waals surface area contributed by atoms with Gasteiger partial charge in [0.15, 0.2) is 0 Å². The number of para-hydroxylation sites is 1. The van der Waals surface area contributed by atoms with E-state index in [4.69, 9.17) is 15.2 Å². The number of carbonyl (C=O) groups excluding carboxylic acids is 2. The van der Waals surface area contributed by atoms with E-state index in [0.29, 0.717) is 5.52 Å². The fraction of sp³-hybridized carbons (Fsp3) is 0.524. The van der Waals surface area contributed by atoms with Gasteiger partial charge in [-0.3, -0.25) is 9.36 Å². The number of carbonyl (C=O) groups is 2. The Kier molecular flexibility index (Phi) is 5.44. The summed E-state index contributed by atoms with van der Waals surface area (Å²) in [5.74, 6) is -0.482. The number of hydrogen-bond donors (Lipinski definition) is 1. The van der Waals surface area contributed by atoms with Gasteiger partial charge >= 0.3 is 12.1 Å². The van der Waals surface area contributed by atoms with E-state index in [-0.39, 0.29) is 6.42 Å².